The van der Waals surface area contributed by atoms with Gasteiger partial charge in [-0.3, -0.25) is 9.48 Å². The Kier molecular flexibility index (Phi) is 3.08. The highest BCUT2D eigenvalue weighted by molar-refractivity contribution is 6.07. The van der Waals surface area contributed by atoms with E-state index >= 15 is 0 Å². The van der Waals surface area contributed by atoms with Crippen molar-refractivity contribution in [3.05, 3.63) is 42.4 Å². The zero-order valence-corrected chi connectivity index (χ0v) is 10.7. The molecule has 0 saturated heterocycles. The second-order valence-electron chi connectivity index (χ2n) is 4.43. The zero-order valence-electron chi connectivity index (χ0n) is 10.7. The molecule has 7 nitrogen and oxygen atoms in total. The lowest BCUT2D eigenvalue weighted by Crippen LogP contribution is -2.27. The van der Waals surface area contributed by atoms with Crippen LogP contribution >= 0.6 is 0 Å². The number of carbonyl (C=O) groups is 1. The van der Waals surface area contributed by atoms with Gasteiger partial charge in [0.2, 0.25) is 0 Å². The van der Waals surface area contributed by atoms with Crippen LogP contribution in [0.15, 0.2) is 36.8 Å². The number of nitrogens with one attached hydrogen (secondary N) is 2. The summed E-state index contributed by atoms with van der Waals surface area (Å²) in [6, 6.07) is 5.43. The van der Waals surface area contributed by atoms with Crippen LogP contribution in [0, 0.1) is 0 Å². The largest absolute Gasteiger partial charge is 0.399 e. The van der Waals surface area contributed by atoms with Gasteiger partial charge in [-0.2, -0.15) is 0 Å². The van der Waals surface area contributed by atoms with E-state index in [9.17, 15) is 4.79 Å². The summed E-state index contributed by atoms with van der Waals surface area (Å²) in [7, 11) is 0. The molecule has 0 bridgehead atoms. The number of nitrogens with two attached hydrogens (primary N) is 1. The van der Waals surface area contributed by atoms with Crippen molar-refractivity contribution in [1.29, 1.82) is 0 Å². The number of benzene rings is 1. The average molecular weight is 270 g/mol. The predicted octanol–water partition coefficient (Wildman–Crippen LogP) is 0.772. The molecule has 3 rings (SSSR count). The Hall–Kier alpha value is -2.83. The van der Waals surface area contributed by atoms with E-state index in [1.807, 2.05) is 12.1 Å². The maximum Gasteiger partial charge on any atom is 0.253 e. The third-order valence-electron chi connectivity index (χ3n) is 3.05. The first kappa shape index (κ1) is 12.2. The fraction of sp³-hybridized carbons (Fsp3) is 0.154. The van der Waals surface area contributed by atoms with E-state index in [0.717, 1.165) is 10.9 Å². The number of hydrogen-bond donors (Lipinski definition) is 3. The standard InChI is InChI=1S/C13H14N6O/c14-9-1-2-10-11(8-16-12(10)7-9)13(20)15-3-5-19-6-4-17-18-19/h1-2,4,6-8,16H,3,5,14H2,(H,15,20). The molecule has 0 aliphatic rings. The maximum absolute atomic E-state index is 12.1. The minimum absolute atomic E-state index is 0.124. The number of amides is 1. The summed E-state index contributed by atoms with van der Waals surface area (Å²) in [4.78, 5) is 15.2. The number of fused-ring (bicyclic) bond motifs is 1. The Balaban J connectivity index is 1.69. The van der Waals surface area contributed by atoms with Gasteiger partial charge < -0.3 is 16.0 Å². The quantitative estimate of drug-likeness (QED) is 0.609. The molecule has 0 unspecified atom stereocenters. The summed E-state index contributed by atoms with van der Waals surface area (Å²) in [6.45, 7) is 1.07. The van der Waals surface area contributed by atoms with Gasteiger partial charge in [0, 0.05) is 35.5 Å². The van der Waals surface area contributed by atoms with Crippen molar-refractivity contribution in [2.24, 2.45) is 0 Å². The van der Waals surface area contributed by atoms with Crippen LogP contribution in [0.25, 0.3) is 10.9 Å². The molecule has 1 amide bonds. The Bertz CT molecular complexity index is 730. The third-order valence-corrected chi connectivity index (χ3v) is 3.05. The van der Waals surface area contributed by atoms with Gasteiger partial charge in [0.25, 0.3) is 5.91 Å². The zero-order chi connectivity index (χ0) is 13.9. The highest BCUT2D eigenvalue weighted by Crippen LogP contribution is 2.20. The smallest absolute Gasteiger partial charge is 0.253 e. The van der Waals surface area contributed by atoms with Crippen molar-refractivity contribution in [3.63, 3.8) is 0 Å². The highest BCUT2D eigenvalue weighted by Gasteiger charge is 2.11. The molecule has 0 saturated carbocycles. The molecule has 0 radical (unpaired) electrons. The number of anilines is 1. The lowest BCUT2D eigenvalue weighted by atomic mass is 10.1. The second-order valence-corrected chi connectivity index (χ2v) is 4.43. The molecule has 102 valence electrons. The maximum atomic E-state index is 12.1. The van der Waals surface area contributed by atoms with Gasteiger partial charge in [0.05, 0.1) is 18.3 Å². The molecular formula is C13H14N6O. The van der Waals surface area contributed by atoms with Crippen LogP contribution in [-0.4, -0.2) is 32.4 Å². The SMILES string of the molecule is Nc1ccc2c(C(=O)NCCn3ccnn3)c[nH]c2c1. The Labute approximate surface area is 114 Å². The van der Waals surface area contributed by atoms with E-state index in [0.29, 0.717) is 24.3 Å². The van der Waals surface area contributed by atoms with Crippen LogP contribution in [-0.2, 0) is 6.54 Å². The molecule has 1 aromatic carbocycles. The van der Waals surface area contributed by atoms with Crippen LogP contribution in [0.1, 0.15) is 10.4 Å². The minimum Gasteiger partial charge on any atom is -0.399 e. The molecule has 20 heavy (non-hydrogen) atoms. The Morgan fingerprint density at radius 2 is 2.35 bits per heavy atom. The van der Waals surface area contributed by atoms with Crippen LogP contribution in [0.4, 0.5) is 5.69 Å². The first-order valence-electron chi connectivity index (χ1n) is 6.23. The Morgan fingerprint density at radius 3 is 3.15 bits per heavy atom. The van der Waals surface area contributed by atoms with Gasteiger partial charge in [-0.15, -0.1) is 5.10 Å². The van der Waals surface area contributed by atoms with Crippen LogP contribution in [0.2, 0.25) is 0 Å². The van der Waals surface area contributed by atoms with Crippen molar-refractivity contribution in [1.82, 2.24) is 25.3 Å². The van der Waals surface area contributed by atoms with Crippen LogP contribution < -0.4 is 11.1 Å². The third kappa shape index (κ3) is 2.33. The molecular weight excluding hydrogens is 256 g/mol. The van der Waals surface area contributed by atoms with E-state index in [1.54, 1.807) is 29.3 Å². The number of aromatic amines is 1. The van der Waals surface area contributed by atoms with E-state index < -0.39 is 0 Å². The molecule has 2 heterocycles. The molecule has 4 N–H and O–H groups in total. The molecule has 3 aromatic rings. The van der Waals surface area contributed by atoms with Crippen LogP contribution in [0.5, 0.6) is 0 Å². The summed E-state index contributed by atoms with van der Waals surface area (Å²) in [6.07, 6.45) is 5.04. The van der Waals surface area contributed by atoms with Crippen molar-refractivity contribution in [2.75, 3.05) is 12.3 Å². The van der Waals surface area contributed by atoms with E-state index in [1.165, 1.54) is 0 Å². The number of aromatic nitrogens is 4. The summed E-state index contributed by atoms with van der Waals surface area (Å²) in [5.74, 6) is -0.124. The molecule has 0 aliphatic heterocycles. The number of H-pyrrole nitrogens is 1. The molecule has 2 aromatic heterocycles. The van der Waals surface area contributed by atoms with Crippen molar-refractivity contribution < 1.29 is 4.79 Å². The second kappa shape index (κ2) is 5.04. The average Bonchev–Trinajstić information content (AvgIpc) is 3.07. The highest BCUT2D eigenvalue weighted by atomic mass is 16.1. The fourth-order valence-corrected chi connectivity index (χ4v) is 2.06. The molecule has 0 fully saturated rings. The van der Waals surface area contributed by atoms with Crippen molar-refractivity contribution in [3.8, 4) is 0 Å². The molecule has 0 aliphatic carbocycles. The molecule has 7 heteroatoms. The first-order valence-corrected chi connectivity index (χ1v) is 6.23. The summed E-state index contributed by atoms with van der Waals surface area (Å²) in [5, 5.41) is 11.2. The van der Waals surface area contributed by atoms with Gasteiger partial charge in [0.1, 0.15) is 0 Å². The summed E-state index contributed by atoms with van der Waals surface area (Å²) in [5.41, 5.74) is 7.83. The van der Waals surface area contributed by atoms with E-state index in [2.05, 4.69) is 20.6 Å². The topological polar surface area (TPSA) is 102 Å². The first-order chi connectivity index (χ1) is 9.74. The lowest BCUT2D eigenvalue weighted by Gasteiger charge is -2.04. The minimum atomic E-state index is -0.124. The molecule has 0 atom stereocenters. The van der Waals surface area contributed by atoms with Gasteiger partial charge in [0.15, 0.2) is 0 Å². The van der Waals surface area contributed by atoms with E-state index in [4.69, 9.17) is 5.73 Å². The monoisotopic (exact) mass is 270 g/mol. The summed E-state index contributed by atoms with van der Waals surface area (Å²) >= 11 is 0. The van der Waals surface area contributed by atoms with E-state index in [-0.39, 0.29) is 5.91 Å². The normalized spacial score (nSPS) is 10.8. The predicted molar refractivity (Wildman–Crippen MR) is 75.1 cm³/mol. The van der Waals surface area contributed by atoms with Crippen LogP contribution in [0.3, 0.4) is 0 Å². The molecule has 0 spiro atoms. The Morgan fingerprint density at radius 1 is 1.45 bits per heavy atom. The number of rotatable bonds is 4. The number of carbonyl (C=O) groups excluding carboxylic acids is 1. The number of nitrogens with zero attached hydrogens (tertiary/aromatic N) is 3. The number of hydrogen-bond acceptors (Lipinski definition) is 4. The van der Waals surface area contributed by atoms with Gasteiger partial charge in [-0.1, -0.05) is 5.21 Å². The lowest BCUT2D eigenvalue weighted by molar-refractivity contribution is 0.0953. The van der Waals surface area contributed by atoms with Crippen molar-refractivity contribution in [2.45, 2.75) is 6.54 Å². The fourth-order valence-electron chi connectivity index (χ4n) is 2.06. The van der Waals surface area contributed by atoms with Gasteiger partial charge in [-0.25, -0.2) is 0 Å². The summed E-state index contributed by atoms with van der Waals surface area (Å²) < 4.78 is 1.66. The number of nitrogen functional groups attached to an aromatic ring is 1. The van der Waals surface area contributed by atoms with Crippen molar-refractivity contribution >= 4 is 22.5 Å². The van der Waals surface area contributed by atoms with Gasteiger partial charge in [-0.05, 0) is 18.2 Å². The van der Waals surface area contributed by atoms with Gasteiger partial charge >= 0.3 is 0 Å².